The summed E-state index contributed by atoms with van der Waals surface area (Å²) in [4.78, 5) is 0. The highest BCUT2D eigenvalue weighted by Crippen LogP contribution is 2.28. The highest BCUT2D eigenvalue weighted by atomic mass is 35.5. The highest BCUT2D eigenvalue weighted by Gasteiger charge is 2.08. The van der Waals surface area contributed by atoms with Gasteiger partial charge in [0.1, 0.15) is 5.69 Å². The van der Waals surface area contributed by atoms with E-state index in [1.54, 1.807) is 6.20 Å². The van der Waals surface area contributed by atoms with E-state index in [-0.39, 0.29) is 0 Å². The molecule has 0 aliphatic carbocycles. The molecule has 0 radical (unpaired) electrons. The Bertz CT molecular complexity index is 713. The van der Waals surface area contributed by atoms with Crippen LogP contribution < -0.4 is 10.4 Å². The molecule has 0 unspecified atom stereocenters. The Morgan fingerprint density at radius 2 is 1.84 bits per heavy atom. The zero-order chi connectivity index (χ0) is 13.2. The van der Waals surface area contributed by atoms with E-state index in [0.29, 0.717) is 5.69 Å². The molecule has 3 rings (SSSR count). The first-order chi connectivity index (χ1) is 9.25. The third-order valence-electron chi connectivity index (χ3n) is 2.94. The van der Waals surface area contributed by atoms with Crippen molar-refractivity contribution in [1.82, 2.24) is 10.2 Å². The minimum absolute atomic E-state index is 0.708. The number of rotatable bonds is 2. The molecule has 0 saturated carbocycles. The van der Waals surface area contributed by atoms with Crippen molar-refractivity contribution in [3.63, 3.8) is 0 Å². The van der Waals surface area contributed by atoms with Gasteiger partial charge < -0.3 is 0 Å². The number of nitrogens with zero attached hydrogens (tertiary/aromatic N) is 3. The number of hydrazine groups is 1. The van der Waals surface area contributed by atoms with E-state index in [1.165, 1.54) is 0 Å². The number of hydrogen-bond acceptors (Lipinski definition) is 4. The maximum Gasteiger partial charge on any atom is 0.101 e. The number of halogens is 1. The predicted octanol–water partition coefficient (Wildman–Crippen LogP) is 3.13. The summed E-state index contributed by atoms with van der Waals surface area (Å²) in [5.74, 6) is 5.56. The van der Waals surface area contributed by atoms with Crippen LogP contribution in [-0.2, 0) is 0 Å². The fourth-order valence-electron chi connectivity index (χ4n) is 2.01. The average Bonchev–Trinajstić information content (AvgIpc) is 2.47. The van der Waals surface area contributed by atoms with Crippen LogP contribution in [0.2, 0.25) is 0 Å². The van der Waals surface area contributed by atoms with Crippen molar-refractivity contribution >= 4 is 28.2 Å². The summed E-state index contributed by atoms with van der Waals surface area (Å²) in [6, 6.07) is 15.6. The van der Waals surface area contributed by atoms with Crippen molar-refractivity contribution in [2.75, 3.05) is 4.53 Å². The van der Waals surface area contributed by atoms with Crippen LogP contribution in [-0.4, -0.2) is 10.2 Å². The molecule has 0 aliphatic rings. The molecule has 0 spiro atoms. The fourth-order valence-corrected chi connectivity index (χ4v) is 2.11. The number of benzene rings is 2. The molecule has 0 atom stereocenters. The van der Waals surface area contributed by atoms with Gasteiger partial charge in [-0.05, 0) is 12.1 Å². The van der Waals surface area contributed by atoms with Crippen LogP contribution in [0.4, 0.5) is 5.69 Å². The quantitative estimate of drug-likeness (QED) is 0.442. The Kier molecular flexibility index (Phi) is 3.03. The SMILES string of the molecule is NN(Cl)c1ccc2cnnc(-c3ccccc3)c2c1. The summed E-state index contributed by atoms with van der Waals surface area (Å²) in [5.41, 5.74) is 2.54. The first kappa shape index (κ1) is 11.9. The van der Waals surface area contributed by atoms with Crippen LogP contribution in [0.1, 0.15) is 0 Å². The van der Waals surface area contributed by atoms with Crippen molar-refractivity contribution in [3.05, 3.63) is 54.7 Å². The summed E-state index contributed by atoms with van der Waals surface area (Å²) in [5, 5.41) is 10.2. The monoisotopic (exact) mass is 270 g/mol. The first-order valence-electron chi connectivity index (χ1n) is 5.77. The largest absolute Gasteiger partial charge is 0.232 e. The van der Waals surface area contributed by atoms with Gasteiger partial charge in [0.05, 0.1) is 11.9 Å². The second-order valence-corrected chi connectivity index (χ2v) is 4.51. The molecule has 0 amide bonds. The van der Waals surface area contributed by atoms with Crippen molar-refractivity contribution in [3.8, 4) is 11.3 Å². The molecule has 0 fully saturated rings. The minimum Gasteiger partial charge on any atom is -0.232 e. The van der Waals surface area contributed by atoms with Gasteiger partial charge in [-0.15, -0.1) is 5.10 Å². The second-order valence-electron chi connectivity index (χ2n) is 4.14. The summed E-state index contributed by atoms with van der Waals surface area (Å²) in [7, 11) is 0. The van der Waals surface area contributed by atoms with Crippen LogP contribution in [0.5, 0.6) is 0 Å². The summed E-state index contributed by atoms with van der Waals surface area (Å²) in [6.45, 7) is 0. The smallest absolute Gasteiger partial charge is 0.101 e. The molecule has 4 nitrogen and oxygen atoms in total. The maximum absolute atomic E-state index is 5.78. The Balaban J connectivity index is 2.27. The lowest BCUT2D eigenvalue weighted by Crippen LogP contribution is -2.18. The predicted molar refractivity (Wildman–Crippen MR) is 77.5 cm³/mol. The van der Waals surface area contributed by atoms with Crippen molar-refractivity contribution in [2.45, 2.75) is 0 Å². The Hall–Kier alpha value is -2.17. The number of nitrogens with two attached hydrogens (primary N) is 1. The van der Waals surface area contributed by atoms with E-state index < -0.39 is 0 Å². The molecule has 2 aromatic carbocycles. The lowest BCUT2D eigenvalue weighted by Gasteiger charge is -2.11. The van der Waals surface area contributed by atoms with Crippen LogP contribution in [0.25, 0.3) is 22.0 Å². The zero-order valence-electron chi connectivity index (χ0n) is 9.99. The third-order valence-corrected chi connectivity index (χ3v) is 3.14. The first-order valence-corrected chi connectivity index (χ1v) is 6.11. The molecule has 5 heteroatoms. The van der Waals surface area contributed by atoms with E-state index in [1.807, 2.05) is 48.5 Å². The molecule has 0 bridgehead atoms. The second kappa shape index (κ2) is 4.84. The van der Waals surface area contributed by atoms with Gasteiger partial charge in [-0.2, -0.15) is 5.10 Å². The van der Waals surface area contributed by atoms with Crippen LogP contribution >= 0.6 is 11.8 Å². The minimum atomic E-state index is 0.708. The summed E-state index contributed by atoms with van der Waals surface area (Å²) < 4.78 is 1.06. The normalized spacial score (nSPS) is 10.6. The molecule has 94 valence electrons. The number of hydrogen-bond donors (Lipinski definition) is 1. The van der Waals surface area contributed by atoms with Gasteiger partial charge in [-0.25, -0.2) is 10.4 Å². The average molecular weight is 271 g/mol. The van der Waals surface area contributed by atoms with Gasteiger partial charge in [0.25, 0.3) is 0 Å². The van der Waals surface area contributed by atoms with Crippen LogP contribution in [0, 0.1) is 0 Å². The van der Waals surface area contributed by atoms with Gasteiger partial charge in [-0.3, -0.25) is 0 Å². The van der Waals surface area contributed by atoms with E-state index in [0.717, 1.165) is 26.6 Å². The number of anilines is 1. The third kappa shape index (κ3) is 2.23. The van der Waals surface area contributed by atoms with E-state index in [4.69, 9.17) is 17.6 Å². The summed E-state index contributed by atoms with van der Waals surface area (Å²) in [6.07, 6.45) is 1.72. The van der Waals surface area contributed by atoms with Gasteiger partial charge in [0.2, 0.25) is 0 Å². The van der Waals surface area contributed by atoms with E-state index >= 15 is 0 Å². The molecule has 1 aromatic heterocycles. The number of aromatic nitrogens is 2. The topological polar surface area (TPSA) is 55.0 Å². The van der Waals surface area contributed by atoms with Crippen molar-refractivity contribution in [2.24, 2.45) is 5.84 Å². The zero-order valence-corrected chi connectivity index (χ0v) is 10.7. The Morgan fingerprint density at radius 3 is 2.58 bits per heavy atom. The fraction of sp³-hybridized carbons (Fsp3) is 0. The lowest BCUT2D eigenvalue weighted by atomic mass is 10.0. The van der Waals surface area contributed by atoms with E-state index in [2.05, 4.69) is 10.2 Å². The lowest BCUT2D eigenvalue weighted by molar-refractivity contribution is 1.06. The van der Waals surface area contributed by atoms with Crippen molar-refractivity contribution in [1.29, 1.82) is 0 Å². The molecular weight excluding hydrogens is 260 g/mol. The molecular formula is C14H11ClN4. The van der Waals surface area contributed by atoms with Gasteiger partial charge in [0.15, 0.2) is 0 Å². The highest BCUT2D eigenvalue weighted by molar-refractivity contribution is 6.25. The maximum atomic E-state index is 5.78. The Morgan fingerprint density at radius 1 is 1.05 bits per heavy atom. The van der Waals surface area contributed by atoms with Crippen LogP contribution in [0.15, 0.2) is 54.7 Å². The molecule has 2 N–H and O–H groups in total. The number of fused-ring (bicyclic) bond motifs is 1. The summed E-state index contributed by atoms with van der Waals surface area (Å²) >= 11 is 5.78. The molecule has 0 saturated heterocycles. The molecule has 0 aliphatic heterocycles. The Labute approximate surface area is 115 Å². The molecule has 19 heavy (non-hydrogen) atoms. The standard InChI is InChI=1S/C14H11ClN4/c15-19(16)12-7-6-11-9-17-18-14(13(11)8-12)10-4-2-1-3-5-10/h1-9H,16H2. The van der Waals surface area contributed by atoms with Gasteiger partial charge in [0, 0.05) is 28.1 Å². The van der Waals surface area contributed by atoms with Crippen molar-refractivity contribution < 1.29 is 0 Å². The van der Waals surface area contributed by atoms with Gasteiger partial charge in [-0.1, -0.05) is 36.4 Å². The van der Waals surface area contributed by atoms with Crippen LogP contribution in [0.3, 0.4) is 0 Å². The molecule has 3 aromatic rings. The molecule has 1 heterocycles. The van der Waals surface area contributed by atoms with E-state index in [9.17, 15) is 0 Å². The van der Waals surface area contributed by atoms with Gasteiger partial charge >= 0.3 is 0 Å².